The Morgan fingerprint density at radius 3 is 2.44 bits per heavy atom. The maximum absolute atomic E-state index is 12.5. The van der Waals surface area contributed by atoms with Crippen molar-refractivity contribution in [3.63, 3.8) is 0 Å². The molecule has 3 aromatic carbocycles. The van der Waals surface area contributed by atoms with Crippen molar-refractivity contribution in [3.8, 4) is 0 Å². The van der Waals surface area contributed by atoms with Gasteiger partial charge in [-0.25, -0.2) is 5.48 Å². The Morgan fingerprint density at radius 2 is 1.70 bits per heavy atom. The molecule has 5 nitrogen and oxygen atoms in total. The van der Waals surface area contributed by atoms with Crippen LogP contribution in [0.25, 0.3) is 21.7 Å². The number of benzene rings is 3. The first-order valence-electron chi connectivity index (χ1n) is 8.69. The Kier molecular flexibility index (Phi) is 4.37. The predicted octanol–water partition coefficient (Wildman–Crippen LogP) is 5.19. The largest absolute Gasteiger partial charge is 0.458 e. The van der Waals surface area contributed by atoms with Crippen molar-refractivity contribution >= 4 is 37.5 Å². The zero-order valence-corrected chi connectivity index (χ0v) is 15.8. The first-order valence-corrected chi connectivity index (χ1v) is 10.1. The van der Waals surface area contributed by atoms with Gasteiger partial charge in [0.05, 0.1) is 4.90 Å². The maximum atomic E-state index is 12.5. The van der Waals surface area contributed by atoms with Crippen LogP contribution in [-0.4, -0.2) is 8.42 Å². The molecule has 0 aliphatic carbocycles. The highest BCUT2D eigenvalue weighted by atomic mass is 32.2. The molecule has 0 unspecified atom stereocenters. The highest BCUT2D eigenvalue weighted by Crippen LogP contribution is 2.36. The predicted molar refractivity (Wildman–Crippen MR) is 106 cm³/mol. The highest BCUT2D eigenvalue weighted by molar-refractivity contribution is 7.86. The van der Waals surface area contributed by atoms with E-state index in [1.54, 1.807) is 12.1 Å². The summed E-state index contributed by atoms with van der Waals surface area (Å²) in [6.45, 7) is 3.84. The van der Waals surface area contributed by atoms with Crippen LogP contribution in [0.1, 0.15) is 18.2 Å². The smallest absolute Gasteiger partial charge is 0.317 e. The lowest BCUT2D eigenvalue weighted by Gasteiger charge is -2.08. The Balaban J connectivity index is 1.73. The molecule has 6 heteroatoms. The molecule has 0 aliphatic heterocycles. The van der Waals surface area contributed by atoms with Gasteiger partial charge in [0, 0.05) is 17.2 Å². The number of furan rings is 1. The van der Waals surface area contributed by atoms with E-state index in [0.29, 0.717) is 23.5 Å². The van der Waals surface area contributed by atoms with Crippen molar-refractivity contribution in [3.05, 3.63) is 72.0 Å². The first-order chi connectivity index (χ1) is 13.0. The Hall–Kier alpha value is -2.83. The van der Waals surface area contributed by atoms with Gasteiger partial charge in [-0.2, -0.15) is 8.42 Å². The zero-order chi connectivity index (χ0) is 19.0. The first kappa shape index (κ1) is 17.6. The van der Waals surface area contributed by atoms with Crippen LogP contribution in [0.4, 0.5) is 5.69 Å². The Labute approximate surface area is 157 Å². The fourth-order valence-electron chi connectivity index (χ4n) is 3.08. The summed E-state index contributed by atoms with van der Waals surface area (Å²) in [6.07, 6.45) is 0.597. The fraction of sp³-hybridized carbons (Fsp3) is 0.143. The summed E-state index contributed by atoms with van der Waals surface area (Å²) in [6, 6.07) is 18.3. The van der Waals surface area contributed by atoms with Gasteiger partial charge in [0.1, 0.15) is 17.0 Å². The van der Waals surface area contributed by atoms with Crippen LogP contribution < -0.4 is 5.48 Å². The average Bonchev–Trinajstić information content (AvgIpc) is 3.05. The summed E-state index contributed by atoms with van der Waals surface area (Å²) in [5.74, 6) is 0.639. The van der Waals surface area contributed by atoms with E-state index in [0.717, 1.165) is 21.7 Å². The van der Waals surface area contributed by atoms with Crippen molar-refractivity contribution in [1.29, 1.82) is 0 Å². The topological polar surface area (TPSA) is 68.5 Å². The molecule has 0 spiro atoms. The molecule has 4 aromatic rings. The molecule has 0 saturated carbocycles. The van der Waals surface area contributed by atoms with Gasteiger partial charge in [0.2, 0.25) is 0 Å². The monoisotopic (exact) mass is 381 g/mol. The minimum absolute atomic E-state index is 0.0944. The quantitative estimate of drug-likeness (QED) is 0.482. The molecule has 0 fully saturated rings. The van der Waals surface area contributed by atoms with Crippen molar-refractivity contribution in [2.24, 2.45) is 0 Å². The molecule has 0 amide bonds. The number of nitrogens with one attached hydrogen (secondary N) is 1. The minimum Gasteiger partial charge on any atom is -0.458 e. The fourth-order valence-corrected chi connectivity index (χ4v) is 3.84. The average molecular weight is 381 g/mol. The lowest BCUT2D eigenvalue weighted by atomic mass is 10.1. The van der Waals surface area contributed by atoms with Gasteiger partial charge in [-0.15, -0.1) is 4.28 Å². The molecular formula is C21H19NO4S. The molecule has 1 N–H and O–H groups in total. The van der Waals surface area contributed by atoms with E-state index < -0.39 is 10.1 Å². The van der Waals surface area contributed by atoms with E-state index in [4.69, 9.17) is 8.70 Å². The van der Waals surface area contributed by atoms with Crippen molar-refractivity contribution < 1.29 is 17.1 Å². The number of hydrogen-bond acceptors (Lipinski definition) is 5. The van der Waals surface area contributed by atoms with Crippen LogP contribution >= 0.6 is 0 Å². The summed E-state index contributed by atoms with van der Waals surface area (Å²) in [4.78, 5) is 0.0944. The van der Waals surface area contributed by atoms with Crippen molar-refractivity contribution in [1.82, 2.24) is 0 Å². The molecule has 0 aliphatic rings. The standard InChI is InChI=1S/C21H19NO4S/c1-3-19-20(22-26-27(23,24)16-11-8-14(2)9-12-16)18-13-10-15-6-4-5-7-17(15)21(18)25-19/h4-13,22H,3H2,1-2H3. The second kappa shape index (κ2) is 6.72. The number of aryl methyl sites for hydroxylation is 2. The van der Waals surface area contributed by atoms with E-state index >= 15 is 0 Å². The van der Waals surface area contributed by atoms with Gasteiger partial charge in [-0.1, -0.05) is 55.0 Å². The molecular weight excluding hydrogens is 362 g/mol. The van der Waals surface area contributed by atoms with E-state index in [1.807, 2.05) is 50.2 Å². The summed E-state index contributed by atoms with van der Waals surface area (Å²) in [5.41, 5.74) is 4.85. The summed E-state index contributed by atoms with van der Waals surface area (Å²) >= 11 is 0. The van der Waals surface area contributed by atoms with Gasteiger partial charge >= 0.3 is 10.1 Å². The molecule has 0 radical (unpaired) electrons. The normalized spacial score (nSPS) is 11.9. The van der Waals surface area contributed by atoms with Crippen LogP contribution in [0, 0.1) is 6.92 Å². The maximum Gasteiger partial charge on any atom is 0.317 e. The third-order valence-corrected chi connectivity index (χ3v) is 5.69. The van der Waals surface area contributed by atoms with E-state index in [-0.39, 0.29) is 4.90 Å². The lowest BCUT2D eigenvalue weighted by molar-refractivity contribution is 0.389. The summed E-state index contributed by atoms with van der Waals surface area (Å²) in [7, 11) is -3.94. The number of anilines is 1. The highest BCUT2D eigenvalue weighted by Gasteiger charge is 2.20. The third kappa shape index (κ3) is 3.18. The number of hydrogen-bond donors (Lipinski definition) is 1. The van der Waals surface area contributed by atoms with Crippen LogP contribution in [-0.2, 0) is 20.8 Å². The van der Waals surface area contributed by atoms with Crippen molar-refractivity contribution in [2.75, 3.05) is 5.48 Å². The van der Waals surface area contributed by atoms with Crippen molar-refractivity contribution in [2.45, 2.75) is 25.2 Å². The molecule has 27 heavy (non-hydrogen) atoms. The van der Waals surface area contributed by atoms with Gasteiger partial charge in [0.15, 0.2) is 0 Å². The minimum atomic E-state index is -3.94. The molecule has 1 heterocycles. The lowest BCUT2D eigenvalue weighted by Crippen LogP contribution is -2.12. The van der Waals surface area contributed by atoms with Gasteiger partial charge in [0.25, 0.3) is 0 Å². The second-order valence-corrected chi connectivity index (χ2v) is 7.92. The van der Waals surface area contributed by atoms with Crippen LogP contribution in [0.2, 0.25) is 0 Å². The SMILES string of the molecule is CCc1oc2c(ccc3ccccc32)c1NOS(=O)(=O)c1ccc(C)cc1. The zero-order valence-electron chi connectivity index (χ0n) is 15.0. The van der Waals surface area contributed by atoms with Gasteiger partial charge < -0.3 is 4.42 Å². The second-order valence-electron chi connectivity index (χ2n) is 6.37. The van der Waals surface area contributed by atoms with Crippen LogP contribution in [0.5, 0.6) is 0 Å². The third-order valence-electron chi connectivity index (χ3n) is 4.54. The molecule has 0 bridgehead atoms. The Bertz CT molecular complexity index is 1220. The molecule has 0 saturated heterocycles. The summed E-state index contributed by atoms with van der Waals surface area (Å²) < 4.78 is 36.1. The summed E-state index contributed by atoms with van der Waals surface area (Å²) in [5, 5.41) is 2.81. The van der Waals surface area contributed by atoms with Gasteiger partial charge in [-0.3, -0.25) is 0 Å². The van der Waals surface area contributed by atoms with E-state index in [1.165, 1.54) is 12.1 Å². The van der Waals surface area contributed by atoms with E-state index in [9.17, 15) is 8.42 Å². The van der Waals surface area contributed by atoms with Crippen LogP contribution in [0.15, 0.2) is 70.0 Å². The molecule has 1 aromatic heterocycles. The van der Waals surface area contributed by atoms with E-state index in [2.05, 4.69) is 5.48 Å². The van der Waals surface area contributed by atoms with Crippen LogP contribution in [0.3, 0.4) is 0 Å². The number of rotatable bonds is 5. The molecule has 0 atom stereocenters. The number of fused-ring (bicyclic) bond motifs is 3. The Morgan fingerprint density at radius 1 is 0.963 bits per heavy atom. The molecule has 4 rings (SSSR count). The molecule has 138 valence electrons. The van der Waals surface area contributed by atoms with Gasteiger partial charge in [-0.05, 0) is 30.5 Å².